The molecule has 0 radical (unpaired) electrons. The molecule has 0 aliphatic carbocycles. The van der Waals surface area contributed by atoms with E-state index in [1.54, 1.807) is 60.8 Å². The van der Waals surface area contributed by atoms with Crippen LogP contribution in [0.5, 0.6) is 5.75 Å². The summed E-state index contributed by atoms with van der Waals surface area (Å²) in [6.45, 7) is 0.302. The average Bonchev–Trinajstić information content (AvgIpc) is 2.70. The van der Waals surface area contributed by atoms with Gasteiger partial charge in [0.15, 0.2) is 5.78 Å². The zero-order chi connectivity index (χ0) is 20.8. The van der Waals surface area contributed by atoms with Crippen LogP contribution >= 0.6 is 46.4 Å². The maximum atomic E-state index is 12.3. The molecule has 29 heavy (non-hydrogen) atoms. The van der Waals surface area contributed by atoms with E-state index in [1.165, 1.54) is 6.08 Å². The van der Waals surface area contributed by atoms with Crippen molar-refractivity contribution in [2.45, 2.75) is 6.61 Å². The highest BCUT2D eigenvalue weighted by Gasteiger charge is 2.05. The number of halogens is 4. The minimum Gasteiger partial charge on any atom is -0.489 e. The normalized spacial score (nSPS) is 10.9. The number of benzene rings is 3. The largest absolute Gasteiger partial charge is 0.489 e. The molecule has 0 spiro atoms. The first-order chi connectivity index (χ1) is 13.9. The van der Waals surface area contributed by atoms with Crippen LogP contribution in [0.15, 0.2) is 72.9 Å². The Labute approximate surface area is 188 Å². The fraction of sp³-hybridized carbons (Fsp3) is 0.0455. The van der Waals surface area contributed by atoms with Crippen molar-refractivity contribution in [3.8, 4) is 5.75 Å². The summed E-state index contributed by atoms with van der Waals surface area (Å²) in [7, 11) is 0. The van der Waals surface area contributed by atoms with E-state index in [-0.39, 0.29) is 5.78 Å². The topological polar surface area (TPSA) is 38.3 Å². The summed E-state index contributed by atoms with van der Waals surface area (Å²) in [6, 6.07) is 17.2. The monoisotopic (exact) mass is 465 g/mol. The Kier molecular flexibility index (Phi) is 7.45. The van der Waals surface area contributed by atoms with Crippen molar-refractivity contribution < 1.29 is 9.53 Å². The smallest absolute Gasteiger partial charge is 0.187 e. The first-order valence-electron chi connectivity index (χ1n) is 8.51. The number of hydrogen-bond donors (Lipinski definition) is 1. The zero-order valence-electron chi connectivity index (χ0n) is 15.0. The molecule has 7 heteroatoms. The summed E-state index contributed by atoms with van der Waals surface area (Å²) in [5.74, 6) is 0.482. The Bertz CT molecular complexity index is 1050. The predicted molar refractivity (Wildman–Crippen MR) is 121 cm³/mol. The van der Waals surface area contributed by atoms with E-state index in [0.717, 1.165) is 11.3 Å². The number of rotatable bonds is 7. The second-order valence-corrected chi connectivity index (χ2v) is 7.68. The highest BCUT2D eigenvalue weighted by Crippen LogP contribution is 2.25. The molecule has 0 atom stereocenters. The van der Waals surface area contributed by atoms with E-state index in [9.17, 15) is 4.79 Å². The van der Waals surface area contributed by atoms with Crippen molar-refractivity contribution >= 4 is 57.9 Å². The van der Waals surface area contributed by atoms with Gasteiger partial charge >= 0.3 is 0 Å². The maximum absolute atomic E-state index is 12.3. The van der Waals surface area contributed by atoms with Crippen molar-refractivity contribution in [2.24, 2.45) is 0 Å². The minimum absolute atomic E-state index is 0.148. The lowest BCUT2D eigenvalue weighted by molar-refractivity contribution is 0.104. The number of nitrogens with one attached hydrogen (secondary N) is 1. The summed E-state index contributed by atoms with van der Waals surface area (Å²) in [6.07, 6.45) is 2.99. The fourth-order valence-corrected chi connectivity index (χ4v) is 3.17. The maximum Gasteiger partial charge on any atom is 0.187 e. The average molecular weight is 467 g/mol. The molecule has 0 saturated carbocycles. The van der Waals surface area contributed by atoms with Gasteiger partial charge in [-0.2, -0.15) is 0 Å². The van der Waals surface area contributed by atoms with Gasteiger partial charge in [0.1, 0.15) is 12.4 Å². The lowest BCUT2D eigenvalue weighted by Gasteiger charge is -2.08. The summed E-state index contributed by atoms with van der Waals surface area (Å²) < 4.78 is 5.71. The lowest BCUT2D eigenvalue weighted by atomic mass is 10.1. The highest BCUT2D eigenvalue weighted by atomic mass is 35.5. The predicted octanol–water partition coefficient (Wildman–Crippen LogP) is 7.69. The number of ether oxygens (including phenoxy) is 1. The minimum atomic E-state index is -0.148. The van der Waals surface area contributed by atoms with Crippen molar-refractivity contribution in [1.29, 1.82) is 0 Å². The van der Waals surface area contributed by atoms with Crippen LogP contribution in [0, 0.1) is 0 Å². The van der Waals surface area contributed by atoms with Crippen LogP contribution in [0.25, 0.3) is 0 Å². The Morgan fingerprint density at radius 2 is 1.62 bits per heavy atom. The van der Waals surface area contributed by atoms with E-state index >= 15 is 0 Å². The van der Waals surface area contributed by atoms with Gasteiger partial charge in [-0.1, -0.05) is 52.5 Å². The fourth-order valence-electron chi connectivity index (χ4n) is 2.41. The summed E-state index contributed by atoms with van der Waals surface area (Å²) >= 11 is 23.9. The molecule has 0 unspecified atom stereocenters. The van der Waals surface area contributed by atoms with Crippen molar-refractivity contribution in [3.05, 3.63) is 104 Å². The molecular formula is C22H15Cl4NO2. The molecule has 0 bridgehead atoms. The first-order valence-corrected chi connectivity index (χ1v) is 10.0. The summed E-state index contributed by atoms with van der Waals surface area (Å²) in [5.41, 5.74) is 2.09. The van der Waals surface area contributed by atoms with Crippen molar-refractivity contribution in [1.82, 2.24) is 0 Å². The standard InChI is InChI=1S/C22H15Cl4NO2/c23-16-4-1-15(20(25)11-16)13-29-18-6-2-14(3-7-18)22(28)9-10-27-17-5-8-19(24)21(26)12-17/h1-12,27H,13H2. The Morgan fingerprint density at radius 3 is 2.31 bits per heavy atom. The molecule has 0 amide bonds. The summed E-state index contributed by atoms with van der Waals surface area (Å²) in [4.78, 5) is 12.3. The number of hydrogen-bond acceptors (Lipinski definition) is 3. The van der Waals surface area contributed by atoms with Gasteiger partial charge in [0.2, 0.25) is 0 Å². The van der Waals surface area contributed by atoms with Gasteiger partial charge in [-0.3, -0.25) is 4.79 Å². The van der Waals surface area contributed by atoms with E-state index in [1.807, 2.05) is 6.07 Å². The molecule has 0 fully saturated rings. The molecular weight excluding hydrogens is 452 g/mol. The second kappa shape index (κ2) is 10.0. The van der Waals surface area contributed by atoms with Crippen LogP contribution in [-0.4, -0.2) is 5.78 Å². The molecule has 148 valence electrons. The molecule has 1 N–H and O–H groups in total. The molecule has 3 aromatic rings. The molecule has 0 saturated heterocycles. The summed E-state index contributed by atoms with van der Waals surface area (Å²) in [5, 5.41) is 5.01. The molecule has 0 aromatic heterocycles. The van der Waals surface area contributed by atoms with Gasteiger partial charge in [-0.25, -0.2) is 0 Å². The van der Waals surface area contributed by atoms with Crippen LogP contribution in [-0.2, 0) is 6.61 Å². The third-order valence-corrected chi connectivity index (χ3v) is 5.28. The number of ketones is 1. The number of carbonyl (C=O) groups excluding carboxylic acids is 1. The number of carbonyl (C=O) groups is 1. The first kappa shape index (κ1) is 21.5. The van der Waals surface area contributed by atoms with Gasteiger partial charge in [-0.05, 0) is 54.6 Å². The molecule has 3 nitrogen and oxygen atoms in total. The molecule has 3 rings (SSSR count). The SMILES string of the molecule is O=C(C=CNc1ccc(Cl)c(Cl)c1)c1ccc(OCc2ccc(Cl)cc2Cl)cc1. The van der Waals surface area contributed by atoms with Crippen molar-refractivity contribution in [3.63, 3.8) is 0 Å². The van der Waals surface area contributed by atoms with Crippen LogP contribution in [0.4, 0.5) is 5.69 Å². The Balaban J connectivity index is 1.55. The van der Waals surface area contributed by atoms with E-state index in [2.05, 4.69) is 5.32 Å². The Hall–Kier alpha value is -2.17. The molecule has 0 heterocycles. The zero-order valence-corrected chi connectivity index (χ0v) is 18.0. The van der Waals surface area contributed by atoms with Gasteiger partial charge < -0.3 is 10.1 Å². The van der Waals surface area contributed by atoms with E-state index < -0.39 is 0 Å². The quantitative estimate of drug-likeness (QED) is 0.286. The number of anilines is 1. The van der Waals surface area contributed by atoms with Gasteiger partial charge in [-0.15, -0.1) is 0 Å². The number of allylic oxidation sites excluding steroid dienone is 1. The van der Waals surface area contributed by atoms with Gasteiger partial charge in [0.05, 0.1) is 10.0 Å². The van der Waals surface area contributed by atoms with Crippen molar-refractivity contribution in [2.75, 3.05) is 5.32 Å². The third kappa shape index (κ3) is 6.15. The second-order valence-electron chi connectivity index (χ2n) is 6.02. The molecule has 0 aliphatic heterocycles. The van der Waals surface area contributed by atoms with Crippen LogP contribution in [0.2, 0.25) is 20.1 Å². The lowest BCUT2D eigenvalue weighted by Crippen LogP contribution is -1.99. The van der Waals surface area contributed by atoms with Crippen LogP contribution < -0.4 is 10.1 Å². The van der Waals surface area contributed by atoms with Gasteiger partial charge in [0.25, 0.3) is 0 Å². The van der Waals surface area contributed by atoms with E-state index in [4.69, 9.17) is 51.1 Å². The molecule has 3 aromatic carbocycles. The van der Waals surface area contributed by atoms with Gasteiger partial charge in [0, 0.05) is 39.1 Å². The van der Waals surface area contributed by atoms with Crippen LogP contribution in [0.3, 0.4) is 0 Å². The third-order valence-electron chi connectivity index (χ3n) is 3.95. The highest BCUT2D eigenvalue weighted by molar-refractivity contribution is 6.42. The van der Waals surface area contributed by atoms with E-state index in [0.29, 0.717) is 38.0 Å². The van der Waals surface area contributed by atoms with Crippen LogP contribution in [0.1, 0.15) is 15.9 Å². The molecule has 0 aliphatic rings. The Morgan fingerprint density at radius 1 is 0.862 bits per heavy atom.